The predicted octanol–water partition coefficient (Wildman–Crippen LogP) is -3.20. The molecule has 31 heavy (non-hydrogen) atoms. The SMILES string of the molecule is CN1CCc2nc(C(=O)N[C@@H]3C[C@@H](C(=O)N(C)C)CC[C@@H]3NC(=O)C(=O)O)sc2C1.[H-].[Li+]. The van der Waals surface area contributed by atoms with Gasteiger partial charge in [0.1, 0.15) is 0 Å². The summed E-state index contributed by atoms with van der Waals surface area (Å²) >= 11 is 1.35. The Morgan fingerprint density at radius 2 is 1.90 bits per heavy atom. The number of carbonyl (C=O) groups excluding carboxylic acids is 3. The van der Waals surface area contributed by atoms with Crippen LogP contribution in [0.4, 0.5) is 0 Å². The molecule has 166 valence electrons. The Bertz CT molecular complexity index is 867. The van der Waals surface area contributed by atoms with Crippen LogP contribution >= 0.6 is 11.3 Å². The van der Waals surface area contributed by atoms with Gasteiger partial charge in [-0.25, -0.2) is 9.78 Å². The number of nitrogens with one attached hydrogen (secondary N) is 2. The normalized spacial score (nSPS) is 23.1. The third kappa shape index (κ3) is 6.07. The summed E-state index contributed by atoms with van der Waals surface area (Å²) in [5, 5.41) is 14.6. The first-order valence-corrected chi connectivity index (χ1v) is 10.7. The molecule has 1 aromatic heterocycles. The Morgan fingerprint density at radius 3 is 2.55 bits per heavy atom. The van der Waals surface area contributed by atoms with Crippen LogP contribution < -0.4 is 29.5 Å². The molecule has 3 amide bonds. The van der Waals surface area contributed by atoms with E-state index in [1.165, 1.54) is 16.2 Å². The van der Waals surface area contributed by atoms with Crippen molar-refractivity contribution in [1.29, 1.82) is 0 Å². The van der Waals surface area contributed by atoms with Gasteiger partial charge >= 0.3 is 30.7 Å². The number of hydrogen-bond acceptors (Lipinski definition) is 7. The van der Waals surface area contributed by atoms with E-state index in [9.17, 15) is 19.2 Å². The summed E-state index contributed by atoms with van der Waals surface area (Å²) in [6.07, 6.45) is 2.01. The summed E-state index contributed by atoms with van der Waals surface area (Å²) in [4.78, 5) is 57.1. The van der Waals surface area contributed by atoms with Gasteiger partial charge in [-0.2, -0.15) is 0 Å². The van der Waals surface area contributed by atoms with Crippen molar-refractivity contribution in [2.45, 2.75) is 44.3 Å². The average Bonchev–Trinajstić information content (AvgIpc) is 3.11. The fourth-order valence-electron chi connectivity index (χ4n) is 3.97. The van der Waals surface area contributed by atoms with Crippen molar-refractivity contribution in [2.24, 2.45) is 5.92 Å². The number of nitrogens with zero attached hydrogens (tertiary/aromatic N) is 3. The molecule has 3 N–H and O–H groups in total. The standard InChI is InChI=1S/C19H27N5O5S.Li.H/c1-23(2)18(27)10-4-5-11(20-16(26)19(28)29)13(8-10)21-15(25)17-22-12-6-7-24(3)9-14(12)30-17;;/h10-11,13H,4-9H2,1-3H3,(H,20,26)(H,21,25)(H,28,29);;/q;+1;-1/t10-,11-,13+;;/m0../s1. The van der Waals surface area contributed by atoms with Crippen molar-refractivity contribution >= 4 is 35.0 Å². The van der Waals surface area contributed by atoms with Gasteiger partial charge in [-0.1, -0.05) is 0 Å². The van der Waals surface area contributed by atoms with Crippen molar-refractivity contribution in [3.05, 3.63) is 15.6 Å². The van der Waals surface area contributed by atoms with Crippen molar-refractivity contribution in [2.75, 3.05) is 27.7 Å². The van der Waals surface area contributed by atoms with Crippen LogP contribution in [0.1, 0.15) is 41.1 Å². The minimum atomic E-state index is -1.58. The molecule has 1 aliphatic carbocycles. The van der Waals surface area contributed by atoms with Crippen LogP contribution in [-0.4, -0.2) is 83.4 Å². The minimum absolute atomic E-state index is 0. The fraction of sp³-hybridized carbons (Fsp3) is 0.632. The van der Waals surface area contributed by atoms with Crippen molar-refractivity contribution < 1.29 is 44.6 Å². The van der Waals surface area contributed by atoms with E-state index in [1.54, 1.807) is 14.1 Å². The molecule has 0 radical (unpaired) electrons. The summed E-state index contributed by atoms with van der Waals surface area (Å²) in [5.41, 5.74) is 0.934. The monoisotopic (exact) mass is 445 g/mol. The van der Waals surface area contributed by atoms with Gasteiger partial charge in [0.25, 0.3) is 5.91 Å². The number of rotatable bonds is 4. The van der Waals surface area contributed by atoms with E-state index >= 15 is 0 Å². The van der Waals surface area contributed by atoms with E-state index in [0.717, 1.165) is 30.1 Å². The number of thiazole rings is 1. The van der Waals surface area contributed by atoms with E-state index in [0.29, 0.717) is 24.3 Å². The molecule has 1 aromatic rings. The first kappa shape index (κ1) is 25.3. The summed E-state index contributed by atoms with van der Waals surface area (Å²) in [6.45, 7) is 1.64. The van der Waals surface area contributed by atoms with Gasteiger partial charge in [0.15, 0.2) is 5.01 Å². The summed E-state index contributed by atoms with van der Waals surface area (Å²) in [5.74, 6) is -3.42. The Kier molecular flexibility index (Phi) is 8.65. The van der Waals surface area contributed by atoms with E-state index in [1.807, 2.05) is 7.05 Å². The molecule has 2 aliphatic rings. The number of aromatic nitrogens is 1. The third-order valence-electron chi connectivity index (χ3n) is 5.58. The summed E-state index contributed by atoms with van der Waals surface area (Å²) in [6, 6.07) is -1.13. The smallest absolute Gasteiger partial charge is 1.00 e. The molecule has 10 nitrogen and oxygen atoms in total. The largest absolute Gasteiger partial charge is 1.00 e. The quantitative estimate of drug-likeness (QED) is 0.329. The van der Waals surface area contributed by atoms with Crippen molar-refractivity contribution in [1.82, 2.24) is 25.4 Å². The molecule has 3 atom stereocenters. The molecule has 0 bridgehead atoms. The first-order valence-electron chi connectivity index (χ1n) is 9.88. The molecular formula is C19H28LiN5O5S. The second kappa shape index (κ2) is 10.6. The Morgan fingerprint density at radius 1 is 1.19 bits per heavy atom. The zero-order valence-electron chi connectivity index (χ0n) is 19.3. The van der Waals surface area contributed by atoms with E-state index in [-0.39, 0.29) is 38.0 Å². The van der Waals surface area contributed by atoms with Crippen molar-refractivity contribution in [3.8, 4) is 0 Å². The third-order valence-corrected chi connectivity index (χ3v) is 6.67. The maximum atomic E-state index is 12.9. The molecule has 2 heterocycles. The van der Waals surface area contributed by atoms with Crippen LogP contribution in [0.5, 0.6) is 0 Å². The van der Waals surface area contributed by atoms with Crippen LogP contribution in [0.25, 0.3) is 0 Å². The van der Waals surface area contributed by atoms with Crippen LogP contribution in [-0.2, 0) is 27.3 Å². The average molecular weight is 445 g/mol. The number of amides is 3. The second-order valence-electron chi connectivity index (χ2n) is 8.08. The van der Waals surface area contributed by atoms with Gasteiger partial charge in [-0.15, -0.1) is 11.3 Å². The van der Waals surface area contributed by atoms with Crippen LogP contribution in [0.15, 0.2) is 0 Å². The second-order valence-corrected chi connectivity index (χ2v) is 9.17. The van der Waals surface area contributed by atoms with Gasteiger partial charge in [0.2, 0.25) is 5.91 Å². The van der Waals surface area contributed by atoms with Gasteiger partial charge < -0.3 is 27.0 Å². The zero-order valence-corrected chi connectivity index (χ0v) is 19.1. The summed E-state index contributed by atoms with van der Waals surface area (Å²) in [7, 11) is 5.36. The molecule has 12 heteroatoms. The molecule has 0 saturated heterocycles. The number of hydrogen-bond donors (Lipinski definition) is 3. The topological polar surface area (TPSA) is 132 Å². The number of aliphatic carboxylic acids is 1. The zero-order chi connectivity index (χ0) is 22.0. The molecule has 0 unspecified atom stereocenters. The Balaban J connectivity index is 0.00000256. The molecule has 3 rings (SSSR count). The molecule has 1 saturated carbocycles. The Hall–Kier alpha value is -1.93. The Labute approximate surface area is 198 Å². The molecular weight excluding hydrogens is 417 g/mol. The van der Waals surface area contributed by atoms with Gasteiger partial charge in [0, 0.05) is 50.4 Å². The summed E-state index contributed by atoms with van der Waals surface area (Å²) < 4.78 is 0. The van der Waals surface area contributed by atoms with Gasteiger partial charge in [0.05, 0.1) is 11.7 Å². The van der Waals surface area contributed by atoms with Gasteiger partial charge in [-0.3, -0.25) is 14.4 Å². The molecule has 0 aromatic carbocycles. The predicted molar refractivity (Wildman–Crippen MR) is 110 cm³/mol. The van der Waals surface area contributed by atoms with E-state index < -0.39 is 24.0 Å². The van der Waals surface area contributed by atoms with E-state index in [4.69, 9.17) is 5.11 Å². The maximum absolute atomic E-state index is 12.9. The number of fused-ring (bicyclic) bond motifs is 1. The number of likely N-dealkylation sites (N-methyl/N-ethyl adjacent to an activating group) is 1. The van der Waals surface area contributed by atoms with Crippen LogP contribution in [0, 0.1) is 5.92 Å². The molecule has 1 fully saturated rings. The molecule has 1 aliphatic heterocycles. The number of carboxylic acid groups (broad SMARTS) is 1. The van der Waals surface area contributed by atoms with Crippen LogP contribution in [0.2, 0.25) is 0 Å². The minimum Gasteiger partial charge on any atom is -1.00 e. The first-order chi connectivity index (χ1) is 14.2. The van der Waals surface area contributed by atoms with E-state index in [2.05, 4.69) is 20.5 Å². The maximum Gasteiger partial charge on any atom is 1.00 e. The number of carboxylic acids is 1. The van der Waals surface area contributed by atoms with Crippen LogP contribution in [0.3, 0.4) is 0 Å². The number of carbonyl (C=O) groups is 4. The van der Waals surface area contributed by atoms with Gasteiger partial charge in [-0.05, 0) is 26.3 Å². The van der Waals surface area contributed by atoms with Crippen molar-refractivity contribution in [3.63, 3.8) is 0 Å². The molecule has 0 spiro atoms. The fourth-order valence-corrected chi connectivity index (χ4v) is 5.06.